The fraction of sp³-hybridized carbons (Fsp3) is 0.0811. The molecule has 0 spiro atoms. The normalized spacial score (nSPS) is 11.4. The molecule has 0 unspecified atom stereocenters. The summed E-state index contributed by atoms with van der Waals surface area (Å²) in [5.74, 6) is 0.524. The Labute approximate surface area is 264 Å². The van der Waals surface area contributed by atoms with Crippen LogP contribution in [0.3, 0.4) is 0 Å². The molecule has 7 rings (SSSR count). The topological polar surface area (TPSA) is 34.0 Å². The minimum absolute atomic E-state index is 0. The first kappa shape index (κ1) is 28.5. The van der Waals surface area contributed by atoms with Gasteiger partial charge in [0.2, 0.25) is 0 Å². The number of para-hydroxylation sites is 1. The average molecular weight is 742 g/mol. The Balaban J connectivity index is 0.00000329. The predicted octanol–water partition coefficient (Wildman–Crippen LogP) is 9.11. The number of pyridine rings is 2. The summed E-state index contributed by atoms with van der Waals surface area (Å²) in [5.41, 5.74) is 6.25. The largest absolute Gasteiger partial charge is 2.00 e. The maximum Gasteiger partial charge on any atom is 2.00 e. The molecule has 0 radical (unpaired) electrons. The first-order chi connectivity index (χ1) is 20.5. The SMILES string of the molecule is CC(C)(c1[c-]c2c3[c-]c(N(c4ccccc4)c4ccccn4)ccc3n(-c3ccc(F)cc3)c2cc1)c1ccccn1.[Pt+2]. The van der Waals surface area contributed by atoms with E-state index in [1.807, 2.05) is 54.7 Å². The van der Waals surface area contributed by atoms with E-state index in [1.165, 1.54) is 12.1 Å². The predicted molar refractivity (Wildman–Crippen MR) is 167 cm³/mol. The van der Waals surface area contributed by atoms with Crippen LogP contribution >= 0.6 is 0 Å². The molecule has 3 heterocycles. The molecular weight excluding hydrogens is 715 g/mol. The fourth-order valence-electron chi connectivity index (χ4n) is 5.54. The maximum absolute atomic E-state index is 13.9. The number of aromatic nitrogens is 3. The second-order valence-corrected chi connectivity index (χ2v) is 10.7. The molecule has 0 aliphatic rings. The number of rotatable bonds is 6. The van der Waals surface area contributed by atoms with Crippen LogP contribution in [0, 0.1) is 17.9 Å². The molecule has 4 nitrogen and oxygen atoms in total. The Bertz CT molecular complexity index is 1970. The van der Waals surface area contributed by atoms with Crippen molar-refractivity contribution in [3.05, 3.63) is 157 Å². The maximum atomic E-state index is 13.9. The quantitative estimate of drug-likeness (QED) is 0.160. The van der Waals surface area contributed by atoms with E-state index in [0.717, 1.165) is 55.9 Å². The van der Waals surface area contributed by atoms with Crippen LogP contribution in [0.15, 0.2) is 128 Å². The molecule has 0 atom stereocenters. The minimum Gasteiger partial charge on any atom is -0.409 e. The number of nitrogens with zero attached hydrogens (tertiary/aromatic N) is 4. The zero-order valence-electron chi connectivity index (χ0n) is 23.6. The van der Waals surface area contributed by atoms with Gasteiger partial charge in [-0.05, 0) is 66.4 Å². The van der Waals surface area contributed by atoms with Crippen LogP contribution in [0.4, 0.5) is 21.6 Å². The number of benzene rings is 4. The third-order valence-electron chi connectivity index (χ3n) is 7.76. The molecule has 0 fully saturated rings. The van der Waals surface area contributed by atoms with E-state index >= 15 is 0 Å². The van der Waals surface area contributed by atoms with Gasteiger partial charge in [0.05, 0.1) is 0 Å². The van der Waals surface area contributed by atoms with Gasteiger partial charge in [-0.1, -0.05) is 55.2 Å². The Kier molecular flexibility index (Phi) is 7.68. The Morgan fingerprint density at radius 2 is 1.33 bits per heavy atom. The van der Waals surface area contributed by atoms with Crippen molar-refractivity contribution in [3.8, 4) is 5.69 Å². The Hall–Kier alpha value is -4.60. The van der Waals surface area contributed by atoms with Crippen molar-refractivity contribution < 1.29 is 25.5 Å². The molecular formula is C37H27FN4Pt. The van der Waals surface area contributed by atoms with Crippen molar-refractivity contribution in [3.63, 3.8) is 0 Å². The van der Waals surface area contributed by atoms with Crippen molar-refractivity contribution in [2.24, 2.45) is 0 Å². The van der Waals surface area contributed by atoms with E-state index in [0.29, 0.717) is 0 Å². The number of hydrogen-bond acceptors (Lipinski definition) is 3. The van der Waals surface area contributed by atoms with E-state index < -0.39 is 0 Å². The molecule has 0 saturated carbocycles. The molecule has 0 aliphatic heterocycles. The Morgan fingerprint density at radius 1 is 0.674 bits per heavy atom. The first-order valence-electron chi connectivity index (χ1n) is 13.9. The first-order valence-corrected chi connectivity index (χ1v) is 13.9. The third kappa shape index (κ3) is 5.15. The van der Waals surface area contributed by atoms with Crippen molar-refractivity contribution >= 4 is 39.0 Å². The van der Waals surface area contributed by atoms with Gasteiger partial charge in [0.1, 0.15) is 11.6 Å². The second kappa shape index (κ2) is 11.6. The third-order valence-corrected chi connectivity index (χ3v) is 7.76. The standard InChI is InChI=1S/C37H27FN4.Pt/c1-37(2,35-12-6-8-22-39-35)26-14-20-33-31(24-26)32-25-30(19-21-34(32)42(33)29-17-15-27(38)16-18-29)41(28-10-4-3-5-11-28)36-13-7-9-23-40-36;/h3-23H,1-2H3;/q-2;+2. The van der Waals surface area contributed by atoms with Crippen LogP contribution in [0.1, 0.15) is 25.1 Å². The molecule has 0 saturated heterocycles. The molecule has 3 aromatic heterocycles. The molecule has 6 heteroatoms. The summed E-state index contributed by atoms with van der Waals surface area (Å²) < 4.78 is 16.1. The van der Waals surface area contributed by atoms with Gasteiger partial charge in [-0.3, -0.25) is 4.98 Å². The summed E-state index contributed by atoms with van der Waals surface area (Å²) in [5, 5.41) is 1.86. The summed E-state index contributed by atoms with van der Waals surface area (Å²) in [6.07, 6.45) is 3.62. The van der Waals surface area contributed by atoms with Crippen LogP contribution in [0.5, 0.6) is 0 Å². The van der Waals surface area contributed by atoms with E-state index in [4.69, 9.17) is 0 Å². The fourth-order valence-corrected chi connectivity index (χ4v) is 5.54. The zero-order chi connectivity index (χ0) is 28.7. The van der Waals surface area contributed by atoms with Crippen LogP contribution in [0.2, 0.25) is 0 Å². The van der Waals surface area contributed by atoms with Crippen molar-refractivity contribution in [1.29, 1.82) is 0 Å². The van der Waals surface area contributed by atoms with Crippen LogP contribution in [-0.4, -0.2) is 14.5 Å². The van der Waals surface area contributed by atoms with Crippen molar-refractivity contribution in [2.45, 2.75) is 19.3 Å². The molecule has 43 heavy (non-hydrogen) atoms. The second-order valence-electron chi connectivity index (χ2n) is 10.7. The van der Waals surface area contributed by atoms with E-state index in [-0.39, 0.29) is 32.3 Å². The molecule has 0 N–H and O–H groups in total. The summed E-state index contributed by atoms with van der Waals surface area (Å²) in [6, 6.07) is 44.5. The van der Waals surface area contributed by atoms with Gasteiger partial charge in [-0.2, -0.15) is 17.5 Å². The molecule has 0 bridgehead atoms. The summed E-state index contributed by atoms with van der Waals surface area (Å²) >= 11 is 0. The average Bonchev–Trinajstić information content (AvgIpc) is 3.36. The van der Waals surface area contributed by atoms with Gasteiger partial charge in [-0.25, -0.2) is 14.8 Å². The van der Waals surface area contributed by atoms with Gasteiger partial charge in [0.25, 0.3) is 0 Å². The van der Waals surface area contributed by atoms with Crippen LogP contribution in [0.25, 0.3) is 27.5 Å². The smallest absolute Gasteiger partial charge is 0.409 e. The number of halogens is 1. The van der Waals surface area contributed by atoms with E-state index in [2.05, 4.69) is 87.9 Å². The monoisotopic (exact) mass is 741 g/mol. The number of anilines is 3. The molecule has 212 valence electrons. The van der Waals surface area contributed by atoms with E-state index in [9.17, 15) is 4.39 Å². The van der Waals surface area contributed by atoms with Gasteiger partial charge >= 0.3 is 21.1 Å². The van der Waals surface area contributed by atoms with E-state index in [1.54, 1.807) is 18.3 Å². The zero-order valence-corrected chi connectivity index (χ0v) is 25.9. The summed E-state index contributed by atoms with van der Waals surface area (Å²) in [4.78, 5) is 11.4. The number of hydrogen-bond donors (Lipinski definition) is 0. The van der Waals surface area contributed by atoms with Gasteiger partial charge in [-0.15, -0.1) is 29.8 Å². The summed E-state index contributed by atoms with van der Waals surface area (Å²) in [6.45, 7) is 4.33. The van der Waals surface area contributed by atoms with Crippen LogP contribution in [-0.2, 0) is 26.5 Å². The molecule has 0 aliphatic carbocycles. The van der Waals surface area contributed by atoms with Crippen molar-refractivity contribution in [1.82, 2.24) is 14.5 Å². The van der Waals surface area contributed by atoms with Gasteiger partial charge in [0.15, 0.2) is 0 Å². The van der Waals surface area contributed by atoms with Crippen LogP contribution < -0.4 is 4.90 Å². The number of fused-ring (bicyclic) bond motifs is 3. The molecule has 7 aromatic rings. The Morgan fingerprint density at radius 3 is 2.00 bits per heavy atom. The van der Waals surface area contributed by atoms with Crippen molar-refractivity contribution in [2.75, 3.05) is 4.90 Å². The van der Waals surface area contributed by atoms with Gasteiger partial charge in [0, 0.05) is 34.9 Å². The molecule has 0 amide bonds. The van der Waals surface area contributed by atoms with Gasteiger partial charge < -0.3 is 9.47 Å². The minimum atomic E-state index is -0.374. The molecule has 4 aromatic carbocycles. The summed E-state index contributed by atoms with van der Waals surface area (Å²) in [7, 11) is 0.